The number of rotatable bonds is 7. The minimum Gasteiger partial charge on any atom is -0.387 e. The second kappa shape index (κ2) is 7.69. The highest BCUT2D eigenvalue weighted by Crippen LogP contribution is 2.22. The van der Waals surface area contributed by atoms with Crippen molar-refractivity contribution in [2.45, 2.75) is 52.9 Å². The quantitative estimate of drug-likeness (QED) is 0.639. The van der Waals surface area contributed by atoms with E-state index in [4.69, 9.17) is 5.11 Å². The minimum absolute atomic E-state index is 0.273. The first-order valence-electron chi connectivity index (χ1n) is 5.83. The molecule has 0 aliphatic heterocycles. The predicted octanol–water partition coefficient (Wildman–Crippen LogP) is 2.09. The summed E-state index contributed by atoms with van der Waals surface area (Å²) in [6.07, 6.45) is 5.91. The molecule has 3 nitrogen and oxygen atoms in total. The number of carbonyl (C=O) groups excluding carboxylic acids is 1. The molecule has 90 valence electrons. The first-order valence-corrected chi connectivity index (χ1v) is 5.83. The molecule has 1 amide bonds. The molecule has 0 aliphatic rings. The topological polar surface area (TPSA) is 49.3 Å². The van der Waals surface area contributed by atoms with E-state index < -0.39 is 6.61 Å². The second-order valence-electron chi connectivity index (χ2n) is 5.23. The van der Waals surface area contributed by atoms with Crippen LogP contribution in [0.25, 0.3) is 0 Å². The van der Waals surface area contributed by atoms with Crippen LogP contribution in [0.1, 0.15) is 52.9 Å². The van der Waals surface area contributed by atoms with Crippen LogP contribution >= 0.6 is 0 Å². The van der Waals surface area contributed by atoms with Crippen LogP contribution in [0.2, 0.25) is 0 Å². The van der Waals surface area contributed by atoms with Crippen molar-refractivity contribution in [3.05, 3.63) is 0 Å². The van der Waals surface area contributed by atoms with Gasteiger partial charge >= 0.3 is 0 Å². The molecule has 0 saturated carbocycles. The van der Waals surface area contributed by atoms with Crippen molar-refractivity contribution in [1.29, 1.82) is 0 Å². The fourth-order valence-electron chi connectivity index (χ4n) is 1.42. The van der Waals surface area contributed by atoms with Crippen LogP contribution in [-0.4, -0.2) is 24.2 Å². The maximum atomic E-state index is 10.7. The van der Waals surface area contributed by atoms with Crippen molar-refractivity contribution in [2.75, 3.05) is 13.2 Å². The Morgan fingerprint density at radius 1 is 1.13 bits per heavy atom. The molecule has 0 aromatic carbocycles. The zero-order valence-electron chi connectivity index (χ0n) is 10.3. The number of aliphatic hydroxyl groups is 1. The average Bonchev–Trinajstić information content (AvgIpc) is 2.14. The number of hydrogen-bond donors (Lipinski definition) is 2. The number of nitrogens with one attached hydrogen (secondary N) is 1. The van der Waals surface area contributed by atoms with Crippen molar-refractivity contribution in [1.82, 2.24) is 5.32 Å². The van der Waals surface area contributed by atoms with Gasteiger partial charge in [-0.25, -0.2) is 0 Å². The summed E-state index contributed by atoms with van der Waals surface area (Å²) < 4.78 is 0. The van der Waals surface area contributed by atoms with Gasteiger partial charge in [-0.05, 0) is 18.3 Å². The molecule has 0 spiro atoms. The standard InChI is InChI=1S/C12H25NO2/c1-12(2,3)8-6-4-5-7-9-13-11(15)10-14/h14H,4-10H2,1-3H3,(H,13,15). The van der Waals surface area contributed by atoms with E-state index in [0.29, 0.717) is 12.0 Å². The van der Waals surface area contributed by atoms with Crippen LogP contribution in [-0.2, 0) is 4.79 Å². The summed E-state index contributed by atoms with van der Waals surface area (Å²) in [5, 5.41) is 11.1. The Bertz CT molecular complexity index is 173. The van der Waals surface area contributed by atoms with E-state index in [0.717, 1.165) is 12.8 Å². The van der Waals surface area contributed by atoms with Gasteiger partial charge in [0, 0.05) is 6.54 Å². The molecule has 0 aromatic heterocycles. The van der Waals surface area contributed by atoms with Gasteiger partial charge in [0.05, 0.1) is 0 Å². The van der Waals surface area contributed by atoms with Crippen molar-refractivity contribution in [3.8, 4) is 0 Å². The van der Waals surface area contributed by atoms with Gasteiger partial charge in [-0.1, -0.05) is 40.0 Å². The molecular formula is C12H25NO2. The third-order valence-corrected chi connectivity index (χ3v) is 2.32. The molecule has 0 unspecified atom stereocenters. The molecule has 15 heavy (non-hydrogen) atoms. The van der Waals surface area contributed by atoms with Gasteiger partial charge < -0.3 is 10.4 Å². The lowest BCUT2D eigenvalue weighted by Gasteiger charge is -2.17. The van der Waals surface area contributed by atoms with Crippen molar-refractivity contribution >= 4 is 5.91 Å². The Kier molecular flexibility index (Phi) is 7.39. The summed E-state index contributed by atoms with van der Waals surface area (Å²) in [6.45, 7) is 7.07. The van der Waals surface area contributed by atoms with Gasteiger partial charge in [-0.2, -0.15) is 0 Å². The number of hydrogen-bond acceptors (Lipinski definition) is 2. The summed E-state index contributed by atoms with van der Waals surface area (Å²) >= 11 is 0. The lowest BCUT2D eigenvalue weighted by molar-refractivity contribution is -0.123. The third kappa shape index (κ3) is 11.4. The maximum absolute atomic E-state index is 10.7. The zero-order chi connectivity index (χ0) is 11.7. The summed E-state index contributed by atoms with van der Waals surface area (Å²) in [6, 6.07) is 0. The average molecular weight is 215 g/mol. The van der Waals surface area contributed by atoms with Gasteiger partial charge in [-0.15, -0.1) is 0 Å². The molecule has 0 atom stereocenters. The Balaban J connectivity index is 3.16. The van der Waals surface area contributed by atoms with Crippen LogP contribution in [0.5, 0.6) is 0 Å². The van der Waals surface area contributed by atoms with Crippen LogP contribution < -0.4 is 5.32 Å². The van der Waals surface area contributed by atoms with E-state index in [1.807, 2.05) is 0 Å². The molecule has 0 fully saturated rings. The minimum atomic E-state index is -0.399. The molecule has 0 radical (unpaired) electrons. The highest BCUT2D eigenvalue weighted by molar-refractivity contribution is 5.76. The molecule has 3 heteroatoms. The van der Waals surface area contributed by atoms with Gasteiger partial charge in [-0.3, -0.25) is 4.79 Å². The third-order valence-electron chi connectivity index (χ3n) is 2.32. The summed E-state index contributed by atoms with van der Waals surface area (Å²) in [5.41, 5.74) is 0.436. The molecule has 0 saturated heterocycles. The van der Waals surface area contributed by atoms with E-state index in [9.17, 15) is 4.79 Å². The Morgan fingerprint density at radius 3 is 2.27 bits per heavy atom. The summed E-state index contributed by atoms with van der Waals surface area (Å²) in [7, 11) is 0. The van der Waals surface area contributed by atoms with E-state index in [-0.39, 0.29) is 5.91 Å². The highest BCUT2D eigenvalue weighted by atomic mass is 16.3. The summed E-state index contributed by atoms with van der Waals surface area (Å²) in [4.78, 5) is 10.7. The maximum Gasteiger partial charge on any atom is 0.245 e. The lowest BCUT2D eigenvalue weighted by atomic mass is 9.89. The van der Waals surface area contributed by atoms with Crippen LogP contribution in [0, 0.1) is 5.41 Å². The van der Waals surface area contributed by atoms with E-state index in [2.05, 4.69) is 26.1 Å². The van der Waals surface area contributed by atoms with Gasteiger partial charge in [0.2, 0.25) is 5.91 Å². The van der Waals surface area contributed by atoms with Crippen molar-refractivity contribution in [3.63, 3.8) is 0 Å². The molecule has 0 aromatic rings. The van der Waals surface area contributed by atoms with Gasteiger partial charge in [0.1, 0.15) is 6.61 Å². The van der Waals surface area contributed by atoms with Crippen molar-refractivity contribution in [2.24, 2.45) is 5.41 Å². The fraction of sp³-hybridized carbons (Fsp3) is 0.917. The second-order valence-corrected chi connectivity index (χ2v) is 5.23. The molecule has 2 N–H and O–H groups in total. The van der Waals surface area contributed by atoms with Crippen molar-refractivity contribution < 1.29 is 9.90 Å². The normalized spacial score (nSPS) is 11.5. The van der Waals surface area contributed by atoms with Gasteiger partial charge in [0.15, 0.2) is 0 Å². The Labute approximate surface area is 93.3 Å². The highest BCUT2D eigenvalue weighted by Gasteiger charge is 2.08. The largest absolute Gasteiger partial charge is 0.387 e. The lowest BCUT2D eigenvalue weighted by Crippen LogP contribution is -2.26. The molecule has 0 rings (SSSR count). The zero-order valence-corrected chi connectivity index (χ0v) is 10.3. The number of aliphatic hydroxyl groups excluding tert-OH is 1. The molecule has 0 heterocycles. The number of carbonyl (C=O) groups is 1. The molecule has 0 bridgehead atoms. The Morgan fingerprint density at radius 2 is 1.73 bits per heavy atom. The molecule has 0 aliphatic carbocycles. The predicted molar refractivity (Wildman–Crippen MR) is 62.6 cm³/mol. The SMILES string of the molecule is CC(C)(C)CCCCCCNC(=O)CO. The summed E-state index contributed by atoms with van der Waals surface area (Å²) in [5.74, 6) is -0.273. The van der Waals surface area contributed by atoms with E-state index >= 15 is 0 Å². The first-order chi connectivity index (χ1) is 6.95. The van der Waals surface area contributed by atoms with Gasteiger partial charge in [0.25, 0.3) is 0 Å². The van der Waals surface area contributed by atoms with Crippen LogP contribution in [0.4, 0.5) is 0 Å². The monoisotopic (exact) mass is 215 g/mol. The van der Waals surface area contributed by atoms with Crippen LogP contribution in [0.15, 0.2) is 0 Å². The molecular weight excluding hydrogens is 190 g/mol. The Hall–Kier alpha value is -0.570. The number of amides is 1. The fourth-order valence-corrected chi connectivity index (χ4v) is 1.42. The number of unbranched alkanes of at least 4 members (excludes halogenated alkanes) is 3. The smallest absolute Gasteiger partial charge is 0.245 e. The van der Waals surface area contributed by atoms with Crippen LogP contribution in [0.3, 0.4) is 0 Å². The first kappa shape index (κ1) is 14.4. The van der Waals surface area contributed by atoms with E-state index in [1.54, 1.807) is 0 Å². The van der Waals surface area contributed by atoms with E-state index in [1.165, 1.54) is 19.3 Å².